The Balaban J connectivity index is 1.79. The first-order valence-corrected chi connectivity index (χ1v) is 13.1. The van der Waals surface area contributed by atoms with E-state index in [2.05, 4.69) is 10.3 Å². The fourth-order valence-corrected chi connectivity index (χ4v) is 4.86. The first-order valence-electron chi connectivity index (χ1n) is 10.8. The molecule has 0 aliphatic carbocycles. The Bertz CT molecular complexity index is 1110. The van der Waals surface area contributed by atoms with Gasteiger partial charge in [-0.15, -0.1) is 16.4 Å². The molecule has 2 aromatic rings. The van der Waals surface area contributed by atoms with E-state index in [1.54, 1.807) is 49.9 Å². The average Bonchev–Trinajstić information content (AvgIpc) is 2.75. The maximum atomic E-state index is 13.0. The lowest BCUT2D eigenvalue weighted by molar-refractivity contribution is 0.00324. The number of carbonyl (C=O) groups excluding carboxylic acids is 1. The van der Waals surface area contributed by atoms with Gasteiger partial charge in [0.1, 0.15) is 11.1 Å². The van der Waals surface area contributed by atoms with Crippen molar-refractivity contribution < 1.29 is 17.9 Å². The number of halogens is 2. The number of aryl methyl sites for hydroxylation is 1. The number of rotatable bonds is 6. The first-order chi connectivity index (χ1) is 15.9. The molecule has 1 fully saturated rings. The number of amides is 1. The summed E-state index contributed by atoms with van der Waals surface area (Å²) in [7, 11) is -3.74. The first kappa shape index (κ1) is 26.7. The van der Waals surface area contributed by atoms with E-state index in [-0.39, 0.29) is 24.5 Å². The summed E-state index contributed by atoms with van der Waals surface area (Å²) >= 11 is 12.7. The number of hydrogen-bond donors (Lipinski definition) is 2. The van der Waals surface area contributed by atoms with E-state index in [1.165, 1.54) is 4.42 Å². The van der Waals surface area contributed by atoms with Gasteiger partial charge in [0, 0.05) is 13.1 Å². The van der Waals surface area contributed by atoms with Crippen LogP contribution in [0.1, 0.15) is 43.5 Å². The van der Waals surface area contributed by atoms with Crippen LogP contribution < -0.4 is 10.3 Å². The van der Waals surface area contributed by atoms with Gasteiger partial charge in [0.25, 0.3) is 10.0 Å². The van der Waals surface area contributed by atoms with E-state index in [0.29, 0.717) is 0 Å². The predicted octanol–water partition coefficient (Wildman–Crippen LogP) is 4.29. The highest BCUT2D eigenvalue weighted by molar-refractivity contribution is 7.89. The summed E-state index contributed by atoms with van der Waals surface area (Å²) in [5, 5.41) is 0. The van der Waals surface area contributed by atoms with Crippen LogP contribution >= 0.6 is 23.4 Å². The van der Waals surface area contributed by atoms with Crippen LogP contribution in [0.2, 0.25) is 0 Å². The Kier molecular flexibility index (Phi) is 8.49. The van der Waals surface area contributed by atoms with Crippen LogP contribution in [-0.4, -0.2) is 48.0 Å². The Morgan fingerprint density at radius 1 is 1.12 bits per heavy atom. The smallest absolute Gasteiger partial charge is 0.410 e. The minimum absolute atomic E-state index is 0.160. The van der Waals surface area contributed by atoms with Crippen LogP contribution in [0.15, 0.2) is 53.4 Å². The van der Waals surface area contributed by atoms with Gasteiger partial charge in [-0.2, -0.15) is 4.42 Å². The highest BCUT2D eigenvalue weighted by Crippen LogP contribution is 2.33. The van der Waals surface area contributed by atoms with Gasteiger partial charge < -0.3 is 4.74 Å². The second-order valence-electron chi connectivity index (χ2n) is 9.14. The predicted molar refractivity (Wildman–Crippen MR) is 133 cm³/mol. The summed E-state index contributed by atoms with van der Waals surface area (Å²) in [6, 6.07) is 13.6. The van der Waals surface area contributed by atoms with Gasteiger partial charge in [-0.05, 0) is 62.7 Å². The molecule has 0 bridgehead atoms. The van der Waals surface area contributed by atoms with Crippen molar-refractivity contribution in [1.82, 2.24) is 19.6 Å². The van der Waals surface area contributed by atoms with Gasteiger partial charge in [0.15, 0.2) is 0 Å². The standard InChI is InChI=1S/C23H30Cl2N4O4S/c1-16-9-11-18(12-10-16)34(31,32)27-26-13-17-7-5-6-8-19(17)20-14-29(25)21(24)15-28(20)22(30)33-23(2,3)4/h5-12,20-21,26-27H,13-15H2,1-4H3. The Morgan fingerprint density at radius 3 is 2.41 bits per heavy atom. The lowest BCUT2D eigenvalue weighted by atomic mass is 9.97. The third-order valence-electron chi connectivity index (χ3n) is 5.23. The summed E-state index contributed by atoms with van der Waals surface area (Å²) in [4.78, 5) is 17.1. The van der Waals surface area contributed by atoms with Crippen molar-refractivity contribution >= 4 is 39.5 Å². The fourth-order valence-electron chi connectivity index (χ4n) is 3.57. The molecule has 1 heterocycles. The van der Waals surface area contributed by atoms with Gasteiger partial charge >= 0.3 is 6.09 Å². The lowest BCUT2D eigenvalue weighted by Gasteiger charge is -2.42. The molecule has 8 nitrogen and oxygen atoms in total. The number of nitrogens with one attached hydrogen (secondary N) is 2. The highest BCUT2D eigenvalue weighted by atomic mass is 35.5. The van der Waals surface area contributed by atoms with E-state index >= 15 is 0 Å². The van der Waals surface area contributed by atoms with Crippen molar-refractivity contribution in [3.05, 3.63) is 65.2 Å². The van der Waals surface area contributed by atoms with E-state index in [4.69, 9.17) is 28.1 Å². The molecule has 1 amide bonds. The Labute approximate surface area is 211 Å². The SMILES string of the molecule is Cc1ccc(S(=O)(=O)NNCc2ccccc2C2CN(Cl)C(Cl)CN2C(=O)OC(C)(C)C)cc1. The van der Waals surface area contributed by atoms with Crippen molar-refractivity contribution in [2.24, 2.45) is 0 Å². The third-order valence-corrected chi connectivity index (χ3v) is 7.39. The number of sulfonamides is 1. The molecule has 1 saturated heterocycles. The number of nitrogens with zero attached hydrogens (tertiary/aromatic N) is 2. The zero-order valence-electron chi connectivity index (χ0n) is 19.6. The number of hydrazine groups is 1. The van der Waals surface area contributed by atoms with E-state index in [1.807, 2.05) is 31.2 Å². The molecule has 0 spiro atoms. The molecule has 34 heavy (non-hydrogen) atoms. The van der Waals surface area contributed by atoms with Crippen LogP contribution in [0.5, 0.6) is 0 Å². The maximum Gasteiger partial charge on any atom is 0.410 e. The molecule has 1 aliphatic heterocycles. The van der Waals surface area contributed by atoms with E-state index < -0.39 is 33.3 Å². The summed E-state index contributed by atoms with van der Waals surface area (Å²) in [5.41, 5.74) is 4.12. The van der Waals surface area contributed by atoms with Gasteiger partial charge in [-0.3, -0.25) is 4.90 Å². The number of ether oxygens (including phenoxy) is 1. The largest absolute Gasteiger partial charge is 0.444 e. The van der Waals surface area contributed by atoms with Gasteiger partial charge in [-0.25, -0.2) is 18.6 Å². The molecular weight excluding hydrogens is 499 g/mol. The number of benzene rings is 2. The van der Waals surface area contributed by atoms with Gasteiger partial charge in [0.2, 0.25) is 0 Å². The van der Waals surface area contributed by atoms with Crippen LogP contribution in [0.25, 0.3) is 0 Å². The lowest BCUT2D eigenvalue weighted by Crippen LogP contribution is -2.52. The minimum Gasteiger partial charge on any atom is -0.444 e. The van der Waals surface area contributed by atoms with Crippen LogP contribution in [-0.2, 0) is 21.3 Å². The summed E-state index contributed by atoms with van der Waals surface area (Å²) in [5.74, 6) is 0. The highest BCUT2D eigenvalue weighted by Gasteiger charge is 2.38. The monoisotopic (exact) mass is 528 g/mol. The van der Waals surface area contributed by atoms with E-state index in [0.717, 1.165) is 16.7 Å². The van der Waals surface area contributed by atoms with Crippen LogP contribution in [0.3, 0.4) is 0 Å². The molecule has 3 rings (SSSR count). The summed E-state index contributed by atoms with van der Waals surface area (Å²) in [6.07, 6.45) is -0.490. The van der Waals surface area contributed by atoms with Crippen LogP contribution in [0.4, 0.5) is 4.79 Å². The molecule has 11 heteroatoms. The molecule has 0 saturated carbocycles. The zero-order valence-corrected chi connectivity index (χ0v) is 21.9. The third kappa shape index (κ3) is 6.84. The number of hydrogen-bond acceptors (Lipinski definition) is 6. The zero-order chi connectivity index (χ0) is 25.1. The van der Waals surface area contributed by atoms with Crippen molar-refractivity contribution in [1.29, 1.82) is 0 Å². The Hall–Kier alpha value is -1.88. The Morgan fingerprint density at radius 2 is 1.76 bits per heavy atom. The molecule has 0 aromatic heterocycles. The molecule has 1 aliphatic rings. The molecule has 2 unspecified atom stereocenters. The molecule has 2 atom stereocenters. The van der Waals surface area contributed by atoms with Crippen molar-refractivity contribution in [2.75, 3.05) is 13.1 Å². The quantitative estimate of drug-likeness (QED) is 0.251. The average molecular weight is 529 g/mol. The fraction of sp³-hybridized carbons (Fsp3) is 0.435. The second-order valence-corrected chi connectivity index (χ2v) is 11.8. The van der Waals surface area contributed by atoms with Crippen molar-refractivity contribution in [3.8, 4) is 0 Å². The molecule has 0 radical (unpaired) electrons. The minimum atomic E-state index is -3.74. The normalized spacial score (nSPS) is 19.8. The van der Waals surface area contributed by atoms with Crippen molar-refractivity contribution in [3.63, 3.8) is 0 Å². The number of alkyl halides is 1. The topological polar surface area (TPSA) is 91.0 Å². The molecular formula is C23H30Cl2N4O4S. The van der Waals surface area contributed by atoms with Gasteiger partial charge in [-0.1, -0.05) is 42.0 Å². The number of piperazine rings is 1. The number of carbonyl (C=O) groups is 1. The maximum absolute atomic E-state index is 13.0. The van der Waals surface area contributed by atoms with Gasteiger partial charge in [0.05, 0.1) is 17.5 Å². The molecule has 2 aromatic carbocycles. The van der Waals surface area contributed by atoms with E-state index in [9.17, 15) is 13.2 Å². The second kappa shape index (κ2) is 10.8. The van der Waals surface area contributed by atoms with Crippen LogP contribution in [0, 0.1) is 6.92 Å². The molecule has 186 valence electrons. The summed E-state index contributed by atoms with van der Waals surface area (Å²) in [6.45, 7) is 7.93. The van der Waals surface area contributed by atoms with Crippen molar-refractivity contribution in [2.45, 2.75) is 56.3 Å². The molecule has 2 N–H and O–H groups in total. The summed E-state index contributed by atoms with van der Waals surface area (Å²) < 4.78 is 32.2.